The van der Waals surface area contributed by atoms with Crippen LogP contribution in [0.2, 0.25) is 5.02 Å². The number of ether oxygens (including phenoxy) is 1. The van der Waals surface area contributed by atoms with Gasteiger partial charge in [-0.25, -0.2) is 4.98 Å². The Morgan fingerprint density at radius 2 is 2.26 bits per heavy atom. The van der Waals surface area contributed by atoms with Crippen LogP contribution < -0.4 is 5.32 Å². The average molecular weight is 337 g/mol. The molecule has 0 aliphatic carbocycles. The van der Waals surface area contributed by atoms with E-state index in [1.807, 2.05) is 20.9 Å². The Morgan fingerprint density at radius 3 is 3.00 bits per heavy atom. The molecule has 1 aliphatic rings. The first kappa shape index (κ1) is 16.2. The van der Waals surface area contributed by atoms with Gasteiger partial charge in [-0.3, -0.25) is 9.20 Å². The van der Waals surface area contributed by atoms with Crippen molar-refractivity contribution in [3.05, 3.63) is 34.7 Å². The number of aromatic nitrogens is 2. The first-order valence-electron chi connectivity index (χ1n) is 7.74. The molecule has 1 N–H and O–H groups in total. The molecule has 7 heteroatoms. The van der Waals surface area contributed by atoms with E-state index >= 15 is 0 Å². The van der Waals surface area contributed by atoms with Gasteiger partial charge in [0.05, 0.1) is 22.9 Å². The molecule has 0 saturated carbocycles. The molecule has 124 valence electrons. The largest absolute Gasteiger partial charge is 0.375 e. The lowest BCUT2D eigenvalue weighted by atomic mass is 10.2. The highest BCUT2D eigenvalue weighted by Gasteiger charge is 2.33. The number of carbonyl (C=O) groups excluding carboxylic acids is 1. The Hall–Kier alpha value is -1.63. The average Bonchev–Trinajstić information content (AvgIpc) is 2.98. The van der Waals surface area contributed by atoms with Gasteiger partial charge in [0.2, 0.25) is 0 Å². The van der Waals surface area contributed by atoms with E-state index < -0.39 is 0 Å². The fourth-order valence-electron chi connectivity index (χ4n) is 3.13. The molecule has 0 radical (unpaired) electrons. The Balaban J connectivity index is 1.86. The molecule has 3 rings (SSSR count). The van der Waals surface area contributed by atoms with E-state index in [-0.39, 0.29) is 18.1 Å². The molecule has 2 atom stereocenters. The van der Waals surface area contributed by atoms with Crippen molar-refractivity contribution in [3.63, 3.8) is 0 Å². The fraction of sp³-hybridized carbons (Fsp3) is 0.500. The van der Waals surface area contributed by atoms with Gasteiger partial charge in [0.15, 0.2) is 0 Å². The van der Waals surface area contributed by atoms with Gasteiger partial charge in [0.1, 0.15) is 11.3 Å². The van der Waals surface area contributed by atoms with Crippen molar-refractivity contribution in [2.75, 3.05) is 26.7 Å². The van der Waals surface area contributed by atoms with Crippen LogP contribution in [0.5, 0.6) is 0 Å². The van der Waals surface area contributed by atoms with Gasteiger partial charge in [-0.2, -0.15) is 0 Å². The highest BCUT2D eigenvalue weighted by molar-refractivity contribution is 6.30. The number of hydrogen-bond acceptors (Lipinski definition) is 4. The topological polar surface area (TPSA) is 58.9 Å². The van der Waals surface area contributed by atoms with Gasteiger partial charge in [-0.05, 0) is 33.0 Å². The van der Waals surface area contributed by atoms with Crippen LogP contribution in [0.25, 0.3) is 5.65 Å². The Labute approximate surface area is 140 Å². The first-order valence-corrected chi connectivity index (χ1v) is 8.12. The first-order chi connectivity index (χ1) is 11.0. The number of rotatable bonds is 4. The van der Waals surface area contributed by atoms with E-state index in [9.17, 15) is 4.79 Å². The zero-order valence-electron chi connectivity index (χ0n) is 13.5. The monoisotopic (exact) mass is 336 g/mol. The van der Waals surface area contributed by atoms with Crippen molar-refractivity contribution >= 4 is 23.2 Å². The number of halogens is 1. The van der Waals surface area contributed by atoms with E-state index in [0.29, 0.717) is 28.7 Å². The number of pyridine rings is 1. The molecule has 2 aromatic rings. The lowest BCUT2D eigenvalue weighted by Crippen LogP contribution is -2.44. The van der Waals surface area contributed by atoms with Crippen LogP contribution in [0, 0.1) is 6.92 Å². The summed E-state index contributed by atoms with van der Waals surface area (Å²) in [6, 6.07) is 3.54. The molecular weight excluding hydrogens is 316 g/mol. The maximum absolute atomic E-state index is 12.8. The maximum Gasteiger partial charge on any atom is 0.270 e. The summed E-state index contributed by atoms with van der Waals surface area (Å²) in [6.45, 7) is 6.02. The van der Waals surface area contributed by atoms with Crippen molar-refractivity contribution in [1.82, 2.24) is 19.6 Å². The van der Waals surface area contributed by atoms with Crippen LogP contribution in [0.15, 0.2) is 18.3 Å². The van der Waals surface area contributed by atoms with Crippen molar-refractivity contribution in [2.24, 2.45) is 0 Å². The maximum atomic E-state index is 12.8. The summed E-state index contributed by atoms with van der Waals surface area (Å²) in [5, 5.41) is 3.66. The van der Waals surface area contributed by atoms with Gasteiger partial charge in [-0.1, -0.05) is 11.6 Å². The van der Waals surface area contributed by atoms with E-state index in [0.717, 1.165) is 13.1 Å². The molecule has 0 spiro atoms. The van der Waals surface area contributed by atoms with Crippen LogP contribution in [-0.2, 0) is 4.74 Å². The van der Waals surface area contributed by atoms with Crippen molar-refractivity contribution in [2.45, 2.75) is 26.0 Å². The van der Waals surface area contributed by atoms with E-state index in [4.69, 9.17) is 16.3 Å². The number of nitrogens with zero attached hydrogens (tertiary/aromatic N) is 3. The van der Waals surface area contributed by atoms with Crippen molar-refractivity contribution < 1.29 is 9.53 Å². The van der Waals surface area contributed by atoms with Crippen molar-refractivity contribution in [3.8, 4) is 0 Å². The molecule has 0 aromatic carbocycles. The Bertz CT molecular complexity index is 730. The highest BCUT2D eigenvalue weighted by Crippen LogP contribution is 2.18. The van der Waals surface area contributed by atoms with Gasteiger partial charge in [0.25, 0.3) is 5.91 Å². The Kier molecular flexibility index (Phi) is 4.57. The normalized spacial score (nSPS) is 21.9. The van der Waals surface area contributed by atoms with Gasteiger partial charge >= 0.3 is 0 Å². The summed E-state index contributed by atoms with van der Waals surface area (Å²) in [7, 11) is 2.03. The number of carbonyl (C=O) groups is 1. The molecule has 6 nitrogen and oxygen atoms in total. The number of hydrogen-bond donors (Lipinski definition) is 1. The zero-order chi connectivity index (χ0) is 16.6. The number of amides is 1. The van der Waals surface area contributed by atoms with Crippen LogP contribution in [-0.4, -0.2) is 59.1 Å². The van der Waals surface area contributed by atoms with Crippen molar-refractivity contribution in [1.29, 1.82) is 0 Å². The van der Waals surface area contributed by atoms with E-state index in [1.54, 1.807) is 22.7 Å². The number of likely N-dealkylation sites (N-methyl/N-ethyl adjacent to an activating group) is 1. The second-order valence-corrected chi connectivity index (χ2v) is 6.35. The molecular formula is C16H21ClN4O2. The number of fused-ring (bicyclic) bond motifs is 1. The number of imidazole rings is 1. The SMILES string of the molecule is CCO[C@H]1CN(C)C[C@@H]1NC(=O)c1c(C)nc2ccc(Cl)cn12. The van der Waals surface area contributed by atoms with Gasteiger partial charge in [-0.15, -0.1) is 0 Å². The van der Waals surface area contributed by atoms with Crippen LogP contribution in [0.4, 0.5) is 0 Å². The fourth-order valence-corrected chi connectivity index (χ4v) is 3.29. The predicted molar refractivity (Wildman–Crippen MR) is 89.1 cm³/mol. The van der Waals surface area contributed by atoms with E-state index in [1.165, 1.54) is 0 Å². The standard InChI is InChI=1S/C16H21ClN4O2/c1-4-23-13-9-20(3)8-12(13)19-16(22)15-10(2)18-14-6-5-11(17)7-21(14)15/h5-7,12-13H,4,8-9H2,1-3H3,(H,19,22)/t12-,13-/m0/s1. The molecule has 1 amide bonds. The minimum atomic E-state index is -0.151. The predicted octanol–water partition coefficient (Wildman–Crippen LogP) is 1.75. The summed E-state index contributed by atoms with van der Waals surface area (Å²) in [5.41, 5.74) is 1.92. The lowest BCUT2D eigenvalue weighted by Gasteiger charge is -2.19. The quantitative estimate of drug-likeness (QED) is 0.924. The Morgan fingerprint density at radius 1 is 1.48 bits per heavy atom. The van der Waals surface area contributed by atoms with Gasteiger partial charge in [0, 0.05) is 25.9 Å². The molecule has 0 unspecified atom stereocenters. The molecule has 2 aromatic heterocycles. The van der Waals surface area contributed by atoms with Crippen LogP contribution in [0.3, 0.4) is 0 Å². The van der Waals surface area contributed by atoms with Crippen LogP contribution in [0.1, 0.15) is 23.1 Å². The molecule has 23 heavy (non-hydrogen) atoms. The van der Waals surface area contributed by atoms with Crippen LogP contribution >= 0.6 is 11.6 Å². The summed E-state index contributed by atoms with van der Waals surface area (Å²) in [4.78, 5) is 19.4. The third-order valence-electron chi connectivity index (χ3n) is 4.12. The summed E-state index contributed by atoms with van der Waals surface area (Å²) in [5.74, 6) is -0.151. The lowest BCUT2D eigenvalue weighted by molar-refractivity contribution is 0.0511. The number of likely N-dealkylation sites (tertiary alicyclic amines) is 1. The molecule has 3 heterocycles. The highest BCUT2D eigenvalue weighted by atomic mass is 35.5. The molecule has 1 saturated heterocycles. The number of nitrogens with one attached hydrogen (secondary N) is 1. The number of aryl methyl sites for hydroxylation is 1. The summed E-state index contributed by atoms with van der Waals surface area (Å²) >= 11 is 6.05. The second-order valence-electron chi connectivity index (χ2n) is 5.92. The summed E-state index contributed by atoms with van der Waals surface area (Å²) < 4.78 is 7.48. The third-order valence-corrected chi connectivity index (χ3v) is 4.34. The van der Waals surface area contributed by atoms with E-state index in [2.05, 4.69) is 15.2 Å². The minimum absolute atomic E-state index is 0.0111. The second kappa shape index (κ2) is 6.47. The third kappa shape index (κ3) is 3.20. The zero-order valence-corrected chi connectivity index (χ0v) is 14.3. The van der Waals surface area contributed by atoms with Gasteiger partial charge < -0.3 is 15.0 Å². The smallest absolute Gasteiger partial charge is 0.270 e. The summed E-state index contributed by atoms with van der Waals surface area (Å²) in [6.07, 6.45) is 1.73. The molecule has 1 aliphatic heterocycles. The minimum Gasteiger partial charge on any atom is -0.375 e. The molecule has 0 bridgehead atoms. The molecule has 1 fully saturated rings.